The number of hydrogen-bond acceptors (Lipinski definition) is 3. The van der Waals surface area contributed by atoms with Gasteiger partial charge < -0.3 is 14.8 Å². The lowest BCUT2D eigenvalue weighted by molar-refractivity contribution is 0.0684. The van der Waals surface area contributed by atoms with Gasteiger partial charge in [-0.05, 0) is 0 Å². The molecule has 0 unspecified atom stereocenters. The minimum absolute atomic E-state index is 0.0583. The van der Waals surface area contributed by atoms with E-state index in [0.29, 0.717) is 12.3 Å². The van der Waals surface area contributed by atoms with E-state index in [1.165, 1.54) is 13.3 Å². The van der Waals surface area contributed by atoms with Gasteiger partial charge in [-0.1, -0.05) is 0 Å². The van der Waals surface area contributed by atoms with Crippen LogP contribution in [0.3, 0.4) is 0 Å². The molecule has 0 saturated carbocycles. The summed E-state index contributed by atoms with van der Waals surface area (Å²) in [5, 5.41) is 8.43. The average molecular weight is 156 g/mol. The minimum Gasteiger partial charge on any atom is -0.475 e. The lowest BCUT2D eigenvalue weighted by Crippen LogP contribution is -1.98. The number of hydrogen-bond donors (Lipinski definition) is 2. The number of carbonyl (C=O) groups is 1. The Bertz CT molecular complexity index is 256. The predicted molar refractivity (Wildman–Crippen MR) is 36.3 cm³/mol. The number of rotatable bonds is 3. The molecule has 11 heavy (non-hydrogen) atoms. The zero-order valence-corrected chi connectivity index (χ0v) is 6.00. The molecule has 0 aliphatic carbocycles. The van der Waals surface area contributed by atoms with Gasteiger partial charge in [0.05, 0.1) is 18.5 Å². The van der Waals surface area contributed by atoms with Gasteiger partial charge in [0.1, 0.15) is 0 Å². The SMILES string of the molecule is COCc1cnc(C(=O)O)[nH]1. The largest absolute Gasteiger partial charge is 0.475 e. The smallest absolute Gasteiger partial charge is 0.371 e. The van der Waals surface area contributed by atoms with Crippen LogP contribution >= 0.6 is 0 Å². The highest BCUT2D eigenvalue weighted by atomic mass is 16.5. The minimum atomic E-state index is -1.06. The molecule has 5 heteroatoms. The van der Waals surface area contributed by atoms with E-state index in [0.717, 1.165) is 0 Å². The molecule has 1 aromatic heterocycles. The second kappa shape index (κ2) is 3.16. The fourth-order valence-corrected chi connectivity index (χ4v) is 0.697. The highest BCUT2D eigenvalue weighted by Crippen LogP contribution is 1.97. The molecule has 0 radical (unpaired) electrons. The number of imidazole rings is 1. The molecular weight excluding hydrogens is 148 g/mol. The van der Waals surface area contributed by atoms with E-state index in [-0.39, 0.29) is 5.82 Å². The third-order valence-electron chi connectivity index (χ3n) is 1.13. The number of nitrogens with one attached hydrogen (secondary N) is 1. The van der Waals surface area contributed by atoms with Crippen LogP contribution in [0.4, 0.5) is 0 Å². The summed E-state index contributed by atoms with van der Waals surface area (Å²) in [4.78, 5) is 16.5. The zero-order valence-electron chi connectivity index (χ0n) is 6.00. The van der Waals surface area contributed by atoms with E-state index >= 15 is 0 Å². The summed E-state index contributed by atoms with van der Waals surface area (Å²) < 4.78 is 4.76. The molecule has 0 aromatic carbocycles. The Morgan fingerprint density at radius 3 is 3.09 bits per heavy atom. The summed E-state index contributed by atoms with van der Waals surface area (Å²) in [7, 11) is 1.53. The number of ether oxygens (including phenoxy) is 1. The number of carboxylic acid groups (broad SMARTS) is 1. The van der Waals surface area contributed by atoms with E-state index in [4.69, 9.17) is 9.84 Å². The molecule has 0 bridgehead atoms. The molecule has 0 saturated heterocycles. The number of aromatic amines is 1. The first kappa shape index (κ1) is 7.74. The van der Waals surface area contributed by atoms with E-state index in [9.17, 15) is 4.79 Å². The quantitative estimate of drug-likeness (QED) is 0.657. The van der Waals surface area contributed by atoms with Crippen LogP contribution in [0.1, 0.15) is 16.3 Å². The maximum atomic E-state index is 10.3. The van der Waals surface area contributed by atoms with Crippen LogP contribution in [-0.4, -0.2) is 28.2 Å². The standard InChI is InChI=1S/C6H8N2O3/c1-11-3-4-2-7-5(8-4)6(9)10/h2H,3H2,1H3,(H,7,8)(H,9,10). The van der Waals surface area contributed by atoms with Crippen molar-refractivity contribution in [3.05, 3.63) is 17.7 Å². The van der Waals surface area contributed by atoms with Crippen LogP contribution in [0, 0.1) is 0 Å². The van der Waals surface area contributed by atoms with Crippen molar-refractivity contribution in [1.82, 2.24) is 9.97 Å². The van der Waals surface area contributed by atoms with Crippen molar-refractivity contribution < 1.29 is 14.6 Å². The summed E-state index contributed by atoms with van der Waals surface area (Å²) in [5.41, 5.74) is 0.657. The highest BCUT2D eigenvalue weighted by Gasteiger charge is 2.06. The third kappa shape index (κ3) is 1.78. The molecule has 0 atom stereocenters. The summed E-state index contributed by atoms with van der Waals surface area (Å²) in [6, 6.07) is 0. The molecule has 5 nitrogen and oxygen atoms in total. The lowest BCUT2D eigenvalue weighted by atomic mass is 10.5. The molecule has 0 fully saturated rings. The van der Waals surface area contributed by atoms with Crippen LogP contribution in [0.25, 0.3) is 0 Å². The molecule has 2 N–H and O–H groups in total. The van der Waals surface area contributed by atoms with Gasteiger partial charge in [0.25, 0.3) is 0 Å². The van der Waals surface area contributed by atoms with Gasteiger partial charge in [-0.15, -0.1) is 0 Å². The topological polar surface area (TPSA) is 75.2 Å². The van der Waals surface area contributed by atoms with Crippen molar-refractivity contribution in [3.63, 3.8) is 0 Å². The van der Waals surface area contributed by atoms with Crippen molar-refractivity contribution in [1.29, 1.82) is 0 Å². The normalized spacial score (nSPS) is 9.91. The second-order valence-corrected chi connectivity index (χ2v) is 2.00. The number of methoxy groups -OCH3 is 1. The first-order chi connectivity index (χ1) is 5.24. The van der Waals surface area contributed by atoms with Crippen LogP contribution < -0.4 is 0 Å². The zero-order chi connectivity index (χ0) is 8.27. The van der Waals surface area contributed by atoms with Crippen LogP contribution in [-0.2, 0) is 11.3 Å². The van der Waals surface area contributed by atoms with E-state index in [1.54, 1.807) is 0 Å². The molecule has 60 valence electrons. The van der Waals surface area contributed by atoms with Gasteiger partial charge in [0.15, 0.2) is 0 Å². The number of nitrogens with zero attached hydrogens (tertiary/aromatic N) is 1. The first-order valence-electron chi connectivity index (χ1n) is 3.00. The fraction of sp³-hybridized carbons (Fsp3) is 0.333. The Kier molecular flexibility index (Phi) is 2.22. The molecule has 0 spiro atoms. The first-order valence-corrected chi connectivity index (χ1v) is 3.00. The number of carboxylic acids is 1. The van der Waals surface area contributed by atoms with Gasteiger partial charge in [0.2, 0.25) is 5.82 Å². The van der Waals surface area contributed by atoms with Crippen LogP contribution in [0.2, 0.25) is 0 Å². The third-order valence-corrected chi connectivity index (χ3v) is 1.13. The number of aromatic nitrogens is 2. The van der Waals surface area contributed by atoms with Crippen molar-refractivity contribution >= 4 is 5.97 Å². The van der Waals surface area contributed by atoms with E-state index in [2.05, 4.69) is 9.97 Å². The van der Waals surface area contributed by atoms with E-state index in [1.807, 2.05) is 0 Å². The Hall–Kier alpha value is -1.36. The second-order valence-electron chi connectivity index (χ2n) is 2.00. The van der Waals surface area contributed by atoms with Gasteiger partial charge in [-0.25, -0.2) is 9.78 Å². The summed E-state index contributed by atoms with van der Waals surface area (Å²) in [5.74, 6) is -1.12. The Balaban J connectivity index is 2.73. The summed E-state index contributed by atoms with van der Waals surface area (Å²) >= 11 is 0. The Morgan fingerprint density at radius 2 is 2.64 bits per heavy atom. The summed E-state index contributed by atoms with van der Waals surface area (Å²) in [6.45, 7) is 0.347. The van der Waals surface area contributed by atoms with Crippen LogP contribution in [0.15, 0.2) is 6.20 Å². The molecule has 1 heterocycles. The number of aromatic carboxylic acids is 1. The van der Waals surface area contributed by atoms with Crippen molar-refractivity contribution in [2.75, 3.05) is 7.11 Å². The maximum Gasteiger partial charge on any atom is 0.371 e. The molecule has 0 aliphatic rings. The number of H-pyrrole nitrogens is 1. The van der Waals surface area contributed by atoms with Gasteiger partial charge >= 0.3 is 5.97 Å². The maximum absolute atomic E-state index is 10.3. The van der Waals surface area contributed by atoms with Crippen molar-refractivity contribution in [2.24, 2.45) is 0 Å². The molecule has 0 amide bonds. The summed E-state index contributed by atoms with van der Waals surface area (Å²) in [6.07, 6.45) is 1.44. The molecular formula is C6H8N2O3. The Morgan fingerprint density at radius 1 is 1.91 bits per heavy atom. The van der Waals surface area contributed by atoms with E-state index < -0.39 is 5.97 Å². The van der Waals surface area contributed by atoms with Gasteiger partial charge in [0, 0.05) is 7.11 Å². The molecule has 1 aromatic rings. The highest BCUT2D eigenvalue weighted by molar-refractivity contribution is 5.83. The predicted octanol–water partition coefficient (Wildman–Crippen LogP) is 0.254. The monoisotopic (exact) mass is 156 g/mol. The van der Waals surface area contributed by atoms with Crippen molar-refractivity contribution in [3.8, 4) is 0 Å². The Labute approximate surface area is 63.0 Å². The van der Waals surface area contributed by atoms with Crippen LogP contribution in [0.5, 0.6) is 0 Å². The molecule has 1 rings (SSSR count). The van der Waals surface area contributed by atoms with Gasteiger partial charge in [-0.2, -0.15) is 0 Å². The van der Waals surface area contributed by atoms with Crippen molar-refractivity contribution in [2.45, 2.75) is 6.61 Å². The average Bonchev–Trinajstić information content (AvgIpc) is 2.37. The fourth-order valence-electron chi connectivity index (χ4n) is 0.697. The molecule has 0 aliphatic heterocycles. The lowest BCUT2D eigenvalue weighted by Gasteiger charge is -1.90. The van der Waals surface area contributed by atoms with Gasteiger partial charge in [-0.3, -0.25) is 0 Å².